The van der Waals surface area contributed by atoms with E-state index in [4.69, 9.17) is 4.74 Å². The Labute approximate surface area is 169 Å². The van der Waals surface area contributed by atoms with Crippen molar-refractivity contribution >= 4 is 21.5 Å². The molecule has 1 nitrogen and oxygen atoms in total. The number of allylic oxidation sites excluding steroid dienone is 7. The molecule has 0 fully saturated rings. The molecule has 2 rings (SSSR count). The van der Waals surface area contributed by atoms with Gasteiger partial charge in [-0.1, -0.05) is 59.8 Å². The molecule has 27 heavy (non-hydrogen) atoms. The molecule has 0 aliphatic heterocycles. The molecule has 0 saturated heterocycles. The van der Waals surface area contributed by atoms with E-state index < -0.39 is 5.92 Å². The first-order valence-electron chi connectivity index (χ1n) is 9.31. The van der Waals surface area contributed by atoms with E-state index in [0.717, 1.165) is 45.4 Å². The summed E-state index contributed by atoms with van der Waals surface area (Å²) in [6.45, 7) is 8.91. The monoisotopic (exact) mass is 436 g/mol. The van der Waals surface area contributed by atoms with Crippen LogP contribution in [0.25, 0.3) is 5.57 Å². The van der Waals surface area contributed by atoms with E-state index in [1.807, 2.05) is 37.3 Å². The number of benzene rings is 1. The summed E-state index contributed by atoms with van der Waals surface area (Å²) >= 11 is 3.35. The Morgan fingerprint density at radius 1 is 1.30 bits per heavy atom. The molecular formula is C23H27BrF2O. The maximum atomic E-state index is 13.5. The van der Waals surface area contributed by atoms with Gasteiger partial charge in [-0.25, -0.2) is 8.78 Å². The fourth-order valence-electron chi connectivity index (χ4n) is 3.16. The zero-order valence-electron chi connectivity index (χ0n) is 16.0. The lowest BCUT2D eigenvalue weighted by Gasteiger charge is -2.24. The third-order valence-electron chi connectivity index (χ3n) is 4.63. The summed E-state index contributed by atoms with van der Waals surface area (Å²) in [6, 6.07) is 7.88. The first kappa shape index (κ1) is 21.6. The van der Waals surface area contributed by atoms with E-state index in [9.17, 15) is 8.78 Å². The van der Waals surface area contributed by atoms with Gasteiger partial charge in [0.05, 0.1) is 6.61 Å². The molecular weight excluding hydrogens is 410 g/mol. The predicted octanol–water partition coefficient (Wildman–Crippen LogP) is 7.50. The third-order valence-corrected chi connectivity index (χ3v) is 4.95. The number of halogens is 3. The topological polar surface area (TPSA) is 9.23 Å². The number of hydrogen-bond acceptors (Lipinski definition) is 1. The molecule has 0 amide bonds. The minimum absolute atomic E-state index is 0.0972. The summed E-state index contributed by atoms with van der Waals surface area (Å²) in [5, 5.41) is 0.774. The van der Waals surface area contributed by atoms with Crippen LogP contribution >= 0.6 is 15.9 Å². The second-order valence-corrected chi connectivity index (χ2v) is 7.48. The van der Waals surface area contributed by atoms with Crippen molar-refractivity contribution in [3.63, 3.8) is 0 Å². The van der Waals surface area contributed by atoms with E-state index in [-0.39, 0.29) is 12.8 Å². The maximum Gasteiger partial charge on any atom is 0.251 e. The van der Waals surface area contributed by atoms with Gasteiger partial charge in [-0.3, -0.25) is 0 Å². The molecule has 146 valence electrons. The summed E-state index contributed by atoms with van der Waals surface area (Å²) in [5.74, 6) is -1.78. The van der Waals surface area contributed by atoms with E-state index in [1.54, 1.807) is 6.08 Å². The normalized spacial score (nSPS) is 17.4. The molecule has 0 N–H and O–H groups in total. The summed E-state index contributed by atoms with van der Waals surface area (Å²) in [5.41, 5.74) is 4.92. The molecule has 0 atom stereocenters. The molecule has 1 aliphatic rings. The number of rotatable bonds is 8. The Morgan fingerprint density at radius 3 is 2.56 bits per heavy atom. The minimum Gasteiger partial charge on any atom is -0.493 e. The standard InChI is InChI=1S/C23H27BrF2O/c1-4-5-6-17(2)22(18(3)19-11-13-23(25,26)14-12-19)20-7-9-21(10-8-20)27-16-15-24/h5-11H,2,4,12-16H2,1,3H3/b6-5-,22-18-. The number of ether oxygens (including phenoxy) is 1. The molecule has 0 radical (unpaired) electrons. The van der Waals surface area contributed by atoms with E-state index >= 15 is 0 Å². The summed E-state index contributed by atoms with van der Waals surface area (Å²) in [7, 11) is 0. The van der Waals surface area contributed by atoms with E-state index in [1.165, 1.54) is 0 Å². The van der Waals surface area contributed by atoms with Gasteiger partial charge in [-0.15, -0.1) is 0 Å². The van der Waals surface area contributed by atoms with Crippen molar-refractivity contribution in [2.24, 2.45) is 0 Å². The highest BCUT2D eigenvalue weighted by Crippen LogP contribution is 2.38. The Bertz CT molecular complexity index is 742. The molecule has 1 aliphatic carbocycles. The van der Waals surface area contributed by atoms with E-state index in [2.05, 4.69) is 35.5 Å². The minimum atomic E-state index is -2.59. The first-order valence-corrected chi connectivity index (χ1v) is 10.4. The molecule has 0 aromatic heterocycles. The van der Waals surface area contributed by atoms with Crippen molar-refractivity contribution in [3.8, 4) is 5.75 Å². The van der Waals surface area contributed by atoms with Gasteiger partial charge < -0.3 is 4.74 Å². The molecule has 1 aromatic carbocycles. The lowest BCUT2D eigenvalue weighted by atomic mass is 9.85. The van der Waals surface area contributed by atoms with Crippen LogP contribution < -0.4 is 4.74 Å². The Kier molecular flexibility index (Phi) is 8.03. The van der Waals surface area contributed by atoms with Crippen LogP contribution in [-0.2, 0) is 0 Å². The Hall–Kier alpha value is -1.68. The van der Waals surface area contributed by atoms with Gasteiger partial charge in [0.25, 0.3) is 5.92 Å². The maximum absolute atomic E-state index is 13.5. The lowest BCUT2D eigenvalue weighted by Crippen LogP contribution is -2.19. The van der Waals surface area contributed by atoms with Gasteiger partial charge >= 0.3 is 0 Å². The summed E-state index contributed by atoms with van der Waals surface area (Å²) in [6.07, 6.45) is 6.77. The Morgan fingerprint density at radius 2 is 2.00 bits per heavy atom. The van der Waals surface area contributed by atoms with Crippen LogP contribution in [-0.4, -0.2) is 17.9 Å². The largest absolute Gasteiger partial charge is 0.493 e. The van der Waals surface area contributed by atoms with Gasteiger partial charge in [0.15, 0.2) is 0 Å². The highest BCUT2D eigenvalue weighted by atomic mass is 79.9. The van der Waals surface area contributed by atoms with Crippen molar-refractivity contribution < 1.29 is 13.5 Å². The van der Waals surface area contributed by atoms with Crippen LogP contribution in [0.4, 0.5) is 8.78 Å². The van der Waals surface area contributed by atoms with Gasteiger partial charge in [0.1, 0.15) is 5.75 Å². The van der Waals surface area contributed by atoms with E-state index in [0.29, 0.717) is 13.0 Å². The fourth-order valence-corrected chi connectivity index (χ4v) is 3.32. The average molecular weight is 437 g/mol. The van der Waals surface area contributed by atoms with Crippen LogP contribution in [0.3, 0.4) is 0 Å². The zero-order chi connectivity index (χ0) is 19.9. The van der Waals surface area contributed by atoms with Crippen LogP contribution in [0.1, 0.15) is 45.1 Å². The van der Waals surface area contributed by atoms with Crippen molar-refractivity contribution in [2.45, 2.75) is 45.5 Å². The highest BCUT2D eigenvalue weighted by Gasteiger charge is 2.31. The fraction of sp³-hybridized carbons (Fsp3) is 0.391. The molecule has 0 unspecified atom stereocenters. The molecule has 4 heteroatoms. The summed E-state index contributed by atoms with van der Waals surface area (Å²) in [4.78, 5) is 0. The second-order valence-electron chi connectivity index (χ2n) is 6.69. The van der Waals surface area contributed by atoms with Crippen molar-refractivity contribution in [1.82, 2.24) is 0 Å². The lowest BCUT2D eigenvalue weighted by molar-refractivity contribution is -0.00832. The van der Waals surface area contributed by atoms with Gasteiger partial charge in [0.2, 0.25) is 0 Å². The Balaban J connectivity index is 2.40. The van der Waals surface area contributed by atoms with Gasteiger partial charge in [-0.2, -0.15) is 0 Å². The van der Waals surface area contributed by atoms with Crippen LogP contribution in [0.2, 0.25) is 0 Å². The smallest absolute Gasteiger partial charge is 0.251 e. The van der Waals surface area contributed by atoms with Crippen molar-refractivity contribution in [1.29, 1.82) is 0 Å². The quantitative estimate of drug-likeness (QED) is 0.302. The zero-order valence-corrected chi connectivity index (χ0v) is 17.6. The third kappa shape index (κ3) is 6.17. The SMILES string of the molecule is C=C(/C=C\CC)/C(=C(\C)C1=CCC(F)(F)CC1)c1ccc(OCCBr)cc1. The predicted molar refractivity (Wildman–Crippen MR) is 114 cm³/mol. The van der Waals surface area contributed by atoms with Crippen molar-refractivity contribution in [2.75, 3.05) is 11.9 Å². The number of alkyl halides is 3. The molecule has 0 bridgehead atoms. The van der Waals surface area contributed by atoms with Gasteiger partial charge in [-0.05, 0) is 59.8 Å². The molecule has 0 saturated carbocycles. The van der Waals surface area contributed by atoms with Crippen molar-refractivity contribution in [3.05, 3.63) is 71.4 Å². The molecule has 1 aromatic rings. The molecule has 0 spiro atoms. The highest BCUT2D eigenvalue weighted by molar-refractivity contribution is 9.09. The van der Waals surface area contributed by atoms with Crippen LogP contribution in [0.5, 0.6) is 5.75 Å². The van der Waals surface area contributed by atoms with Gasteiger partial charge in [0, 0.05) is 18.2 Å². The van der Waals surface area contributed by atoms with Crippen LogP contribution in [0, 0.1) is 0 Å². The van der Waals surface area contributed by atoms with Crippen LogP contribution in [0.15, 0.2) is 65.8 Å². The molecule has 0 heterocycles. The summed E-state index contributed by atoms with van der Waals surface area (Å²) < 4.78 is 32.7. The average Bonchev–Trinajstić information content (AvgIpc) is 2.65. The first-order chi connectivity index (χ1) is 12.9. The number of hydrogen-bond donors (Lipinski definition) is 0. The second kappa shape index (κ2) is 10.0.